The maximum absolute atomic E-state index is 12.0. The van der Waals surface area contributed by atoms with Gasteiger partial charge in [0.2, 0.25) is 0 Å². The van der Waals surface area contributed by atoms with Gasteiger partial charge in [0.15, 0.2) is 0 Å². The van der Waals surface area contributed by atoms with Crippen molar-refractivity contribution in [3.05, 3.63) is 52.3 Å². The van der Waals surface area contributed by atoms with Gasteiger partial charge in [0.25, 0.3) is 5.56 Å². The Balaban J connectivity index is 2.57. The van der Waals surface area contributed by atoms with Crippen LogP contribution in [0.3, 0.4) is 0 Å². The van der Waals surface area contributed by atoms with Crippen LogP contribution >= 0.6 is 11.6 Å². The highest BCUT2D eigenvalue weighted by atomic mass is 35.5. The molecule has 0 fully saturated rings. The Bertz CT molecular complexity index is 868. The van der Waals surface area contributed by atoms with E-state index in [9.17, 15) is 4.79 Å². The smallest absolute Gasteiger partial charge is 0.251 e. The summed E-state index contributed by atoms with van der Waals surface area (Å²) in [4.78, 5) is 12.0. The summed E-state index contributed by atoms with van der Waals surface area (Å²) in [6, 6.07) is 11.5. The van der Waals surface area contributed by atoms with Crippen LogP contribution in [0.4, 0.5) is 0 Å². The number of alkyl halides is 1. The van der Waals surface area contributed by atoms with Crippen molar-refractivity contribution in [2.24, 2.45) is 7.05 Å². The third-order valence-corrected chi connectivity index (χ3v) is 3.95. The van der Waals surface area contributed by atoms with Crippen molar-refractivity contribution in [3.8, 4) is 5.75 Å². The van der Waals surface area contributed by atoms with Gasteiger partial charge in [-0.2, -0.15) is 0 Å². The van der Waals surface area contributed by atoms with Crippen LogP contribution in [0.5, 0.6) is 5.75 Å². The summed E-state index contributed by atoms with van der Waals surface area (Å²) in [7, 11) is 3.42. The standard InChI is InChI=1S/C16H14ClNO2/c1-18-14-6-4-10-3-5-12(20-2)8-13(10)16(14)11(9-17)7-15(18)19/h3-8H,9H2,1-2H3. The zero-order valence-corrected chi connectivity index (χ0v) is 12.1. The number of benzene rings is 2. The molecular weight excluding hydrogens is 274 g/mol. The Hall–Kier alpha value is -2.00. The van der Waals surface area contributed by atoms with E-state index in [0.717, 1.165) is 33.0 Å². The maximum atomic E-state index is 12.0. The van der Waals surface area contributed by atoms with Crippen molar-refractivity contribution >= 4 is 33.3 Å². The normalized spacial score (nSPS) is 11.2. The predicted octanol–water partition coefficient (Wildman–Crippen LogP) is 3.44. The first-order valence-corrected chi connectivity index (χ1v) is 6.84. The lowest BCUT2D eigenvalue weighted by atomic mass is 10.0. The van der Waals surface area contributed by atoms with E-state index < -0.39 is 0 Å². The Morgan fingerprint density at radius 2 is 1.95 bits per heavy atom. The number of pyridine rings is 1. The second-order valence-electron chi connectivity index (χ2n) is 4.75. The zero-order valence-electron chi connectivity index (χ0n) is 11.3. The monoisotopic (exact) mass is 287 g/mol. The van der Waals surface area contributed by atoms with Crippen molar-refractivity contribution in [1.29, 1.82) is 0 Å². The molecule has 102 valence electrons. The third-order valence-electron chi connectivity index (χ3n) is 3.66. The number of nitrogens with zero attached hydrogens (tertiary/aromatic N) is 1. The summed E-state index contributed by atoms with van der Waals surface area (Å²) in [6.45, 7) is 0. The van der Waals surface area contributed by atoms with Crippen molar-refractivity contribution < 1.29 is 4.74 Å². The third kappa shape index (κ3) is 1.86. The van der Waals surface area contributed by atoms with Crippen LogP contribution in [-0.4, -0.2) is 11.7 Å². The van der Waals surface area contributed by atoms with Crippen LogP contribution in [0.25, 0.3) is 21.7 Å². The number of ether oxygens (including phenoxy) is 1. The van der Waals surface area contributed by atoms with Gasteiger partial charge < -0.3 is 9.30 Å². The highest BCUT2D eigenvalue weighted by Crippen LogP contribution is 2.30. The van der Waals surface area contributed by atoms with Crippen LogP contribution < -0.4 is 10.3 Å². The Morgan fingerprint density at radius 3 is 2.65 bits per heavy atom. The van der Waals surface area contributed by atoms with Gasteiger partial charge >= 0.3 is 0 Å². The lowest BCUT2D eigenvalue weighted by Gasteiger charge is -2.12. The molecule has 0 aliphatic heterocycles. The molecule has 0 saturated carbocycles. The molecule has 0 unspecified atom stereocenters. The molecule has 0 N–H and O–H groups in total. The fraction of sp³-hybridized carbons (Fsp3) is 0.188. The largest absolute Gasteiger partial charge is 0.497 e. The molecule has 4 heteroatoms. The average Bonchev–Trinajstić information content (AvgIpc) is 2.49. The Kier molecular flexibility index (Phi) is 3.14. The van der Waals surface area contributed by atoms with E-state index >= 15 is 0 Å². The van der Waals surface area contributed by atoms with Gasteiger partial charge in [-0.1, -0.05) is 12.1 Å². The van der Waals surface area contributed by atoms with E-state index in [1.807, 2.05) is 30.3 Å². The first-order valence-electron chi connectivity index (χ1n) is 6.31. The fourth-order valence-electron chi connectivity index (χ4n) is 2.57. The van der Waals surface area contributed by atoms with E-state index in [-0.39, 0.29) is 5.56 Å². The van der Waals surface area contributed by atoms with Crippen LogP contribution in [0, 0.1) is 0 Å². The van der Waals surface area contributed by atoms with Crippen LogP contribution in [0.1, 0.15) is 5.56 Å². The van der Waals surface area contributed by atoms with Gasteiger partial charge in [0, 0.05) is 24.4 Å². The van der Waals surface area contributed by atoms with Gasteiger partial charge in [0.05, 0.1) is 12.6 Å². The molecule has 0 atom stereocenters. The molecular formula is C16H14ClNO2. The summed E-state index contributed by atoms with van der Waals surface area (Å²) < 4.78 is 6.94. The minimum atomic E-state index is -0.0459. The Morgan fingerprint density at radius 1 is 1.20 bits per heavy atom. The summed E-state index contributed by atoms with van der Waals surface area (Å²) in [6.07, 6.45) is 0. The predicted molar refractivity (Wildman–Crippen MR) is 82.8 cm³/mol. The minimum absolute atomic E-state index is 0.0459. The van der Waals surface area contributed by atoms with E-state index in [1.54, 1.807) is 24.8 Å². The minimum Gasteiger partial charge on any atom is -0.497 e. The molecule has 0 bridgehead atoms. The van der Waals surface area contributed by atoms with Crippen molar-refractivity contribution in [2.45, 2.75) is 5.88 Å². The van der Waals surface area contributed by atoms with Gasteiger partial charge in [-0.25, -0.2) is 0 Å². The molecule has 0 spiro atoms. The van der Waals surface area contributed by atoms with Crippen molar-refractivity contribution in [3.63, 3.8) is 0 Å². The number of hydrogen-bond acceptors (Lipinski definition) is 2. The molecule has 0 saturated heterocycles. The van der Waals surface area contributed by atoms with E-state index in [2.05, 4.69) is 0 Å². The summed E-state index contributed by atoms with van der Waals surface area (Å²) in [5, 5.41) is 3.16. The molecule has 0 aliphatic rings. The SMILES string of the molecule is COc1ccc2ccc3c(c(CCl)cc(=O)n3C)c2c1. The van der Waals surface area contributed by atoms with E-state index in [4.69, 9.17) is 16.3 Å². The van der Waals surface area contributed by atoms with Gasteiger partial charge in [-0.15, -0.1) is 11.6 Å². The number of aromatic nitrogens is 1. The molecule has 20 heavy (non-hydrogen) atoms. The molecule has 0 aliphatic carbocycles. The lowest BCUT2D eigenvalue weighted by molar-refractivity contribution is 0.415. The average molecular weight is 288 g/mol. The van der Waals surface area contributed by atoms with Gasteiger partial charge in [-0.05, 0) is 34.5 Å². The summed E-state index contributed by atoms with van der Waals surface area (Å²) in [5.74, 6) is 1.10. The molecule has 3 aromatic rings. The molecule has 1 heterocycles. The number of fused-ring (bicyclic) bond motifs is 3. The molecule has 3 rings (SSSR count). The first-order chi connectivity index (χ1) is 9.65. The molecule has 0 radical (unpaired) electrons. The number of halogens is 1. The van der Waals surface area contributed by atoms with Crippen LogP contribution in [-0.2, 0) is 12.9 Å². The lowest BCUT2D eigenvalue weighted by Crippen LogP contribution is -2.17. The summed E-state index contributed by atoms with van der Waals surface area (Å²) >= 11 is 6.02. The molecule has 1 aromatic heterocycles. The number of hydrogen-bond donors (Lipinski definition) is 0. The van der Waals surface area contributed by atoms with E-state index in [1.165, 1.54) is 0 Å². The second kappa shape index (κ2) is 4.84. The highest BCUT2D eigenvalue weighted by Gasteiger charge is 2.10. The topological polar surface area (TPSA) is 31.2 Å². The second-order valence-corrected chi connectivity index (χ2v) is 5.01. The first kappa shape index (κ1) is 13.0. The van der Waals surface area contributed by atoms with Crippen molar-refractivity contribution in [2.75, 3.05) is 7.11 Å². The number of methoxy groups -OCH3 is 1. The van der Waals surface area contributed by atoms with E-state index in [0.29, 0.717) is 5.88 Å². The molecule has 0 amide bonds. The van der Waals surface area contributed by atoms with Crippen LogP contribution in [0.15, 0.2) is 41.2 Å². The van der Waals surface area contributed by atoms with Crippen LogP contribution in [0.2, 0.25) is 0 Å². The molecule has 3 nitrogen and oxygen atoms in total. The maximum Gasteiger partial charge on any atom is 0.251 e. The van der Waals surface area contributed by atoms with Gasteiger partial charge in [-0.3, -0.25) is 4.79 Å². The fourth-order valence-corrected chi connectivity index (χ4v) is 2.78. The zero-order chi connectivity index (χ0) is 14.3. The Labute approximate surface area is 121 Å². The quantitative estimate of drug-likeness (QED) is 0.534. The number of rotatable bonds is 2. The van der Waals surface area contributed by atoms with Crippen molar-refractivity contribution in [1.82, 2.24) is 4.57 Å². The highest BCUT2D eigenvalue weighted by molar-refractivity contribution is 6.19. The summed E-state index contributed by atoms with van der Waals surface area (Å²) in [5.41, 5.74) is 1.69. The molecule has 2 aromatic carbocycles. The number of aryl methyl sites for hydroxylation is 1. The van der Waals surface area contributed by atoms with Gasteiger partial charge in [0.1, 0.15) is 5.75 Å².